The highest BCUT2D eigenvalue weighted by molar-refractivity contribution is 6.01. The largest absolute Gasteiger partial charge is 0.382 e. The van der Waals surface area contributed by atoms with Gasteiger partial charge in [0.1, 0.15) is 5.78 Å². The number of para-hydroxylation sites is 1. The lowest BCUT2D eigenvalue weighted by Gasteiger charge is -2.26. The predicted octanol–water partition coefficient (Wildman–Crippen LogP) is 4.15. The summed E-state index contributed by atoms with van der Waals surface area (Å²) in [6.07, 6.45) is 2.64. The van der Waals surface area contributed by atoms with E-state index < -0.39 is 17.8 Å². The number of fused-ring (bicyclic) bond motifs is 2. The molecule has 0 spiro atoms. The molecule has 264 valence electrons. The molecule has 0 bridgehead atoms. The molecule has 3 amide bonds. The van der Waals surface area contributed by atoms with Crippen molar-refractivity contribution in [3.05, 3.63) is 65.2 Å². The average Bonchev–Trinajstić information content (AvgIpc) is 3.41. The van der Waals surface area contributed by atoms with Gasteiger partial charge < -0.3 is 28.7 Å². The van der Waals surface area contributed by atoms with Crippen molar-refractivity contribution in [2.24, 2.45) is 0 Å². The van der Waals surface area contributed by atoms with Crippen molar-refractivity contribution in [1.82, 2.24) is 5.06 Å². The molecule has 0 unspecified atom stereocenters. The minimum absolute atomic E-state index is 0.00909. The van der Waals surface area contributed by atoms with Gasteiger partial charge in [-0.05, 0) is 36.6 Å². The number of ether oxygens (including phenoxy) is 4. The summed E-state index contributed by atoms with van der Waals surface area (Å²) in [6, 6.07) is 15.5. The Hall–Kier alpha value is -4.41. The third kappa shape index (κ3) is 13.9. The molecule has 0 N–H and O–H groups in total. The van der Waals surface area contributed by atoms with E-state index in [1.165, 1.54) is 0 Å². The topological polar surface area (TPSA) is 138 Å². The molecular weight excluding hydrogens is 632 g/mol. The molecule has 12 heteroatoms. The highest BCUT2D eigenvalue weighted by Crippen LogP contribution is 2.26. The van der Waals surface area contributed by atoms with E-state index >= 15 is 0 Å². The lowest BCUT2D eigenvalue weighted by atomic mass is 10.0. The van der Waals surface area contributed by atoms with E-state index in [-0.39, 0.29) is 50.4 Å². The molecule has 0 aromatic heterocycles. The van der Waals surface area contributed by atoms with E-state index in [1.54, 1.807) is 12.0 Å². The predicted molar refractivity (Wildman–Crippen MR) is 180 cm³/mol. The number of carbonyl (C=O) groups is 5. The molecule has 4 rings (SSSR count). The van der Waals surface area contributed by atoms with Gasteiger partial charge in [0.2, 0.25) is 5.91 Å². The second-order valence-corrected chi connectivity index (χ2v) is 11.2. The fourth-order valence-electron chi connectivity index (χ4n) is 4.76. The van der Waals surface area contributed by atoms with Crippen LogP contribution in [0.15, 0.2) is 48.5 Å². The number of Topliss-reactive ketones (excluding diaryl/α,β-unsaturated/α-hetero) is 1. The first-order valence-corrected chi connectivity index (χ1v) is 16.6. The van der Waals surface area contributed by atoms with Crippen LogP contribution in [-0.2, 0) is 54.3 Å². The van der Waals surface area contributed by atoms with Gasteiger partial charge in [-0.3, -0.25) is 19.2 Å². The van der Waals surface area contributed by atoms with Crippen molar-refractivity contribution >= 4 is 35.2 Å². The first kappa shape index (κ1) is 39.0. The van der Waals surface area contributed by atoms with Crippen LogP contribution < -0.4 is 4.90 Å². The second-order valence-electron chi connectivity index (χ2n) is 11.2. The molecule has 2 aliphatic heterocycles. The summed E-state index contributed by atoms with van der Waals surface area (Å²) >= 11 is 0. The van der Waals surface area contributed by atoms with Gasteiger partial charge in [-0.15, -0.1) is 5.06 Å². The fraction of sp³-hybridized carbons (Fsp3) is 0.486. The standard InChI is InChI=1S/C25H27NO4.C12H19NO6/c1-29-17-18-30-16-6-10-23(27)14-15-25(28)26-19-22-9-3-2-7-20(22)12-13-21-8-4-5-11-24(21)26;1-2-6-17-8-9-18-7-5-12(16)19-13-10(14)3-4-11(13)15/h2-5,7-9,11H,6,10,14-19H2,1H3;2-9H2,1H3. The van der Waals surface area contributed by atoms with Crippen LogP contribution in [-0.4, -0.2) is 87.9 Å². The zero-order chi connectivity index (χ0) is 35.3. The Bertz CT molecular complexity index is 1450. The van der Waals surface area contributed by atoms with Crippen molar-refractivity contribution in [1.29, 1.82) is 0 Å². The summed E-state index contributed by atoms with van der Waals surface area (Å²) in [5.41, 5.74) is 3.55. The Morgan fingerprint density at radius 2 is 1.35 bits per heavy atom. The molecule has 49 heavy (non-hydrogen) atoms. The number of ketones is 1. The van der Waals surface area contributed by atoms with Crippen LogP contribution >= 0.6 is 0 Å². The molecular formula is C37H46N2O10. The summed E-state index contributed by atoms with van der Waals surface area (Å²) in [4.78, 5) is 65.4. The second kappa shape index (κ2) is 22.3. The summed E-state index contributed by atoms with van der Waals surface area (Å²) in [5.74, 6) is 4.80. The van der Waals surface area contributed by atoms with Crippen molar-refractivity contribution in [2.45, 2.75) is 64.8 Å². The van der Waals surface area contributed by atoms with Crippen LogP contribution in [0.4, 0.5) is 5.69 Å². The van der Waals surface area contributed by atoms with Gasteiger partial charge in [0.05, 0.1) is 51.7 Å². The Morgan fingerprint density at radius 1 is 0.714 bits per heavy atom. The van der Waals surface area contributed by atoms with Crippen molar-refractivity contribution in [2.75, 3.05) is 58.3 Å². The first-order chi connectivity index (χ1) is 23.8. The molecule has 2 heterocycles. The van der Waals surface area contributed by atoms with Crippen molar-refractivity contribution in [3.63, 3.8) is 0 Å². The maximum absolute atomic E-state index is 13.1. The monoisotopic (exact) mass is 678 g/mol. The Labute approximate surface area is 287 Å². The van der Waals surface area contributed by atoms with E-state index in [0.717, 1.165) is 28.8 Å². The molecule has 1 saturated heterocycles. The molecule has 0 saturated carbocycles. The average molecular weight is 679 g/mol. The Balaban J connectivity index is 0.000000295. The summed E-state index contributed by atoms with van der Waals surface area (Å²) in [7, 11) is 1.62. The Morgan fingerprint density at radius 3 is 2.08 bits per heavy atom. The van der Waals surface area contributed by atoms with Gasteiger partial charge in [0.15, 0.2) is 0 Å². The maximum atomic E-state index is 13.1. The highest BCUT2D eigenvalue weighted by atomic mass is 16.7. The van der Waals surface area contributed by atoms with Crippen molar-refractivity contribution in [3.8, 4) is 11.8 Å². The van der Waals surface area contributed by atoms with Gasteiger partial charge in [0.25, 0.3) is 11.8 Å². The number of amides is 3. The third-order valence-corrected chi connectivity index (χ3v) is 7.34. The maximum Gasteiger partial charge on any atom is 0.335 e. The number of methoxy groups -OCH3 is 1. The lowest BCUT2D eigenvalue weighted by Crippen LogP contribution is -2.32. The number of nitrogens with zero attached hydrogens (tertiary/aromatic N) is 2. The molecule has 2 aromatic rings. The number of benzene rings is 2. The van der Waals surface area contributed by atoms with Crippen LogP contribution in [0.1, 0.15) is 75.0 Å². The zero-order valence-electron chi connectivity index (χ0n) is 28.4. The molecule has 12 nitrogen and oxygen atoms in total. The Kier molecular flexibility index (Phi) is 17.7. The van der Waals surface area contributed by atoms with E-state index in [0.29, 0.717) is 64.1 Å². The molecule has 0 radical (unpaired) electrons. The van der Waals surface area contributed by atoms with Gasteiger partial charge in [-0.2, -0.15) is 0 Å². The van der Waals surface area contributed by atoms with Gasteiger partial charge in [-0.25, -0.2) is 4.79 Å². The summed E-state index contributed by atoms with van der Waals surface area (Å²) in [6.45, 7) is 5.79. The summed E-state index contributed by atoms with van der Waals surface area (Å²) in [5, 5.41) is 0.534. The number of carbonyl (C=O) groups excluding carboxylic acids is 5. The van der Waals surface area contributed by atoms with Crippen LogP contribution in [0.3, 0.4) is 0 Å². The number of hydrogen-bond acceptors (Lipinski definition) is 10. The molecule has 2 aromatic carbocycles. The molecule has 1 fully saturated rings. The van der Waals surface area contributed by atoms with Crippen molar-refractivity contribution < 1.29 is 47.8 Å². The minimum atomic E-state index is -0.655. The third-order valence-electron chi connectivity index (χ3n) is 7.34. The molecule has 0 atom stereocenters. The van der Waals surface area contributed by atoms with Gasteiger partial charge >= 0.3 is 5.97 Å². The quantitative estimate of drug-likeness (QED) is 0.121. The molecule has 0 aliphatic carbocycles. The normalized spacial score (nSPS) is 13.3. The molecule has 2 aliphatic rings. The number of hydroxylamine groups is 2. The minimum Gasteiger partial charge on any atom is -0.382 e. The fourth-order valence-corrected chi connectivity index (χ4v) is 4.76. The van der Waals surface area contributed by atoms with Gasteiger partial charge in [-0.1, -0.05) is 49.1 Å². The number of imide groups is 1. The van der Waals surface area contributed by atoms with Crippen LogP contribution in [0.5, 0.6) is 0 Å². The lowest BCUT2D eigenvalue weighted by molar-refractivity contribution is -0.198. The smallest absolute Gasteiger partial charge is 0.335 e. The van der Waals surface area contributed by atoms with E-state index in [1.807, 2.05) is 55.5 Å². The number of rotatable bonds is 19. The van der Waals surface area contributed by atoms with Crippen LogP contribution in [0, 0.1) is 11.8 Å². The van der Waals surface area contributed by atoms with E-state index in [2.05, 4.69) is 16.7 Å². The van der Waals surface area contributed by atoms with E-state index in [9.17, 15) is 24.0 Å². The number of hydrogen-bond donors (Lipinski definition) is 0. The SMILES string of the molecule is CCCOCCOCCC(=O)ON1C(=O)CCC1=O.COCCOCCCC(=O)CCC(=O)N1Cc2ccccc2C#Cc2ccccc21. The van der Waals surface area contributed by atoms with Crippen LogP contribution in [0.2, 0.25) is 0 Å². The highest BCUT2D eigenvalue weighted by Gasteiger charge is 2.32. The first-order valence-electron chi connectivity index (χ1n) is 16.6. The van der Waals surface area contributed by atoms with E-state index in [4.69, 9.17) is 18.9 Å². The van der Waals surface area contributed by atoms with Crippen LogP contribution in [0.25, 0.3) is 0 Å². The number of anilines is 1. The van der Waals surface area contributed by atoms with Gasteiger partial charge in [0, 0.05) is 63.6 Å². The summed E-state index contributed by atoms with van der Waals surface area (Å²) < 4.78 is 20.6. The zero-order valence-corrected chi connectivity index (χ0v) is 28.4.